The van der Waals surface area contributed by atoms with E-state index in [0.29, 0.717) is 6.04 Å². The summed E-state index contributed by atoms with van der Waals surface area (Å²) >= 11 is 0. The van der Waals surface area contributed by atoms with Crippen molar-refractivity contribution in [2.45, 2.75) is 32.5 Å². The van der Waals surface area contributed by atoms with Gasteiger partial charge in [-0.25, -0.2) is 4.39 Å². The molecule has 2 N–H and O–H groups in total. The van der Waals surface area contributed by atoms with Crippen molar-refractivity contribution in [2.75, 3.05) is 5.73 Å². The number of halogens is 1. The van der Waals surface area contributed by atoms with E-state index in [9.17, 15) is 4.39 Å². The standard InChI is InChI=1S/C17H19FN2/c1-12(9-13-5-7-15(18)8-6-13)20-10-14-3-2-4-17(19)16(14)11-20/h2-8,12H,9-11,19H2,1H3. The van der Waals surface area contributed by atoms with Crippen molar-refractivity contribution >= 4 is 5.69 Å². The monoisotopic (exact) mass is 270 g/mol. The number of nitrogens with two attached hydrogens (primary N) is 1. The fourth-order valence-electron chi connectivity index (χ4n) is 2.88. The van der Waals surface area contributed by atoms with Gasteiger partial charge in [0, 0.05) is 24.8 Å². The summed E-state index contributed by atoms with van der Waals surface area (Å²) in [6.07, 6.45) is 0.925. The van der Waals surface area contributed by atoms with Gasteiger partial charge in [0.05, 0.1) is 0 Å². The van der Waals surface area contributed by atoms with Gasteiger partial charge in [0.15, 0.2) is 0 Å². The smallest absolute Gasteiger partial charge is 0.123 e. The highest BCUT2D eigenvalue weighted by Gasteiger charge is 2.24. The van der Waals surface area contributed by atoms with Crippen LogP contribution in [-0.2, 0) is 19.5 Å². The van der Waals surface area contributed by atoms with E-state index >= 15 is 0 Å². The van der Waals surface area contributed by atoms with Crippen molar-refractivity contribution in [3.05, 3.63) is 65.0 Å². The molecule has 0 aromatic heterocycles. The molecule has 0 amide bonds. The Labute approximate surface area is 119 Å². The van der Waals surface area contributed by atoms with Crippen molar-refractivity contribution in [1.82, 2.24) is 4.90 Å². The van der Waals surface area contributed by atoms with Gasteiger partial charge in [-0.1, -0.05) is 24.3 Å². The summed E-state index contributed by atoms with van der Waals surface area (Å²) in [6, 6.07) is 13.3. The fourth-order valence-corrected chi connectivity index (χ4v) is 2.88. The largest absolute Gasteiger partial charge is 0.398 e. The van der Waals surface area contributed by atoms with Crippen LogP contribution in [0, 0.1) is 5.82 Å². The maximum atomic E-state index is 12.9. The van der Waals surface area contributed by atoms with Crippen LogP contribution in [0.5, 0.6) is 0 Å². The van der Waals surface area contributed by atoms with Gasteiger partial charge in [-0.05, 0) is 48.2 Å². The molecule has 0 spiro atoms. The first-order valence-corrected chi connectivity index (χ1v) is 6.98. The topological polar surface area (TPSA) is 29.3 Å². The second kappa shape index (κ2) is 5.25. The third-order valence-electron chi connectivity index (χ3n) is 4.11. The molecule has 2 aromatic carbocycles. The highest BCUT2D eigenvalue weighted by molar-refractivity contribution is 5.52. The molecule has 0 bridgehead atoms. The van der Waals surface area contributed by atoms with Crippen molar-refractivity contribution in [3.8, 4) is 0 Å². The minimum atomic E-state index is -0.178. The van der Waals surface area contributed by atoms with Crippen LogP contribution in [-0.4, -0.2) is 10.9 Å². The Balaban J connectivity index is 1.69. The van der Waals surface area contributed by atoms with Crippen LogP contribution in [0.2, 0.25) is 0 Å². The number of hydrogen-bond donors (Lipinski definition) is 1. The van der Waals surface area contributed by atoms with Gasteiger partial charge in [-0.2, -0.15) is 0 Å². The normalized spacial score (nSPS) is 16.1. The summed E-state index contributed by atoms with van der Waals surface area (Å²) in [6.45, 7) is 4.07. The first-order chi connectivity index (χ1) is 9.63. The van der Waals surface area contributed by atoms with E-state index in [-0.39, 0.29) is 5.82 Å². The van der Waals surface area contributed by atoms with E-state index in [1.165, 1.54) is 28.8 Å². The average Bonchev–Trinajstić information content (AvgIpc) is 2.87. The highest BCUT2D eigenvalue weighted by atomic mass is 19.1. The SMILES string of the molecule is CC(Cc1ccc(F)cc1)N1Cc2cccc(N)c2C1. The molecule has 2 nitrogen and oxygen atoms in total. The molecule has 0 aliphatic carbocycles. The number of nitrogens with zero attached hydrogens (tertiary/aromatic N) is 1. The number of anilines is 1. The van der Waals surface area contributed by atoms with Crippen LogP contribution in [0.15, 0.2) is 42.5 Å². The second-order valence-corrected chi connectivity index (χ2v) is 5.57. The van der Waals surface area contributed by atoms with Crippen LogP contribution in [0.1, 0.15) is 23.6 Å². The number of benzene rings is 2. The maximum absolute atomic E-state index is 12.9. The zero-order chi connectivity index (χ0) is 14.1. The minimum Gasteiger partial charge on any atom is -0.398 e. The van der Waals surface area contributed by atoms with E-state index in [1.807, 2.05) is 24.3 Å². The number of rotatable bonds is 3. The van der Waals surface area contributed by atoms with Crippen molar-refractivity contribution < 1.29 is 4.39 Å². The molecule has 0 saturated carbocycles. The Morgan fingerprint density at radius 3 is 2.60 bits per heavy atom. The molecule has 1 atom stereocenters. The second-order valence-electron chi connectivity index (χ2n) is 5.57. The average molecular weight is 270 g/mol. The molecule has 0 saturated heterocycles. The summed E-state index contributed by atoms with van der Waals surface area (Å²) < 4.78 is 12.9. The van der Waals surface area contributed by atoms with Gasteiger partial charge in [-0.3, -0.25) is 4.90 Å². The molecule has 1 aliphatic rings. The molecule has 1 unspecified atom stereocenters. The van der Waals surface area contributed by atoms with Gasteiger partial charge in [-0.15, -0.1) is 0 Å². The van der Waals surface area contributed by atoms with Gasteiger partial charge < -0.3 is 5.73 Å². The van der Waals surface area contributed by atoms with Crippen molar-refractivity contribution in [3.63, 3.8) is 0 Å². The fraction of sp³-hybridized carbons (Fsp3) is 0.294. The van der Waals surface area contributed by atoms with Crippen LogP contribution >= 0.6 is 0 Å². The molecule has 0 radical (unpaired) electrons. The number of nitrogen functional groups attached to an aromatic ring is 1. The Bertz CT molecular complexity index is 607. The first-order valence-electron chi connectivity index (χ1n) is 6.98. The summed E-state index contributed by atoms with van der Waals surface area (Å²) in [5, 5.41) is 0. The lowest BCUT2D eigenvalue weighted by Crippen LogP contribution is -2.29. The summed E-state index contributed by atoms with van der Waals surface area (Å²) in [5.74, 6) is -0.178. The quantitative estimate of drug-likeness (QED) is 0.867. The molecule has 1 aliphatic heterocycles. The Morgan fingerprint density at radius 2 is 1.90 bits per heavy atom. The van der Waals surface area contributed by atoms with Gasteiger partial charge in [0.25, 0.3) is 0 Å². The van der Waals surface area contributed by atoms with E-state index in [1.54, 1.807) is 0 Å². The highest BCUT2D eigenvalue weighted by Crippen LogP contribution is 2.29. The molecular formula is C17H19FN2. The summed E-state index contributed by atoms with van der Waals surface area (Å²) in [7, 11) is 0. The van der Waals surface area contributed by atoms with E-state index in [2.05, 4.69) is 17.9 Å². The van der Waals surface area contributed by atoms with E-state index < -0.39 is 0 Å². The summed E-state index contributed by atoms with van der Waals surface area (Å²) in [5.41, 5.74) is 10.7. The molecule has 20 heavy (non-hydrogen) atoms. The van der Waals surface area contributed by atoms with Crippen molar-refractivity contribution in [2.24, 2.45) is 0 Å². The van der Waals surface area contributed by atoms with Gasteiger partial charge in [0.2, 0.25) is 0 Å². The molecule has 3 heteroatoms. The Kier molecular flexibility index (Phi) is 3.45. The molecule has 2 aromatic rings. The van der Waals surface area contributed by atoms with Crippen LogP contribution in [0.4, 0.5) is 10.1 Å². The van der Waals surface area contributed by atoms with Crippen LogP contribution in [0.3, 0.4) is 0 Å². The Hall–Kier alpha value is -1.87. The zero-order valence-corrected chi connectivity index (χ0v) is 11.6. The third kappa shape index (κ3) is 2.54. The van der Waals surface area contributed by atoms with Crippen LogP contribution in [0.25, 0.3) is 0 Å². The lowest BCUT2D eigenvalue weighted by molar-refractivity contribution is 0.212. The maximum Gasteiger partial charge on any atom is 0.123 e. The lowest BCUT2D eigenvalue weighted by Gasteiger charge is -2.24. The minimum absolute atomic E-state index is 0.178. The molecule has 0 fully saturated rings. The third-order valence-corrected chi connectivity index (χ3v) is 4.11. The predicted octanol–water partition coefficient (Wildman–Crippen LogP) is 3.35. The molecule has 1 heterocycles. The summed E-state index contributed by atoms with van der Waals surface area (Å²) in [4.78, 5) is 2.42. The molecule has 3 rings (SSSR count). The predicted molar refractivity (Wildman–Crippen MR) is 79.7 cm³/mol. The van der Waals surface area contributed by atoms with Crippen molar-refractivity contribution in [1.29, 1.82) is 0 Å². The zero-order valence-electron chi connectivity index (χ0n) is 11.6. The Morgan fingerprint density at radius 1 is 1.15 bits per heavy atom. The van der Waals surface area contributed by atoms with Gasteiger partial charge in [0.1, 0.15) is 5.82 Å². The molecule has 104 valence electrons. The lowest BCUT2D eigenvalue weighted by atomic mass is 10.1. The molecular weight excluding hydrogens is 251 g/mol. The number of hydrogen-bond acceptors (Lipinski definition) is 2. The van der Waals surface area contributed by atoms with E-state index in [0.717, 1.165) is 25.2 Å². The first kappa shape index (κ1) is 13.1. The van der Waals surface area contributed by atoms with Gasteiger partial charge >= 0.3 is 0 Å². The van der Waals surface area contributed by atoms with Crippen LogP contribution < -0.4 is 5.73 Å². The number of fused-ring (bicyclic) bond motifs is 1. The van der Waals surface area contributed by atoms with E-state index in [4.69, 9.17) is 5.73 Å².